The molecule has 0 aliphatic heterocycles. The Hall–Kier alpha value is -0.210. The molecule has 0 amide bonds. The normalized spacial score (nSPS) is 15.7. The third-order valence-corrected chi connectivity index (χ3v) is 4.54. The fourth-order valence-electron chi connectivity index (χ4n) is 2.27. The van der Waals surface area contributed by atoms with Gasteiger partial charge < -0.3 is 4.90 Å². The number of hydrogen-bond donors (Lipinski definition) is 0. The van der Waals surface area contributed by atoms with Gasteiger partial charge in [0.05, 0.1) is 10.7 Å². The van der Waals surface area contributed by atoms with Crippen molar-refractivity contribution in [3.63, 3.8) is 0 Å². The van der Waals surface area contributed by atoms with Crippen molar-refractivity contribution in [3.8, 4) is 0 Å². The quantitative estimate of drug-likeness (QED) is 0.701. The number of rotatable bonds is 5. The molecule has 0 bridgehead atoms. The van der Waals surface area contributed by atoms with Gasteiger partial charge in [0.25, 0.3) is 0 Å². The average molecular weight is 317 g/mol. The SMILES string of the molecule is CCN(CC1CCC1)c1ccc(CBr)cc1Cl. The zero-order valence-corrected chi connectivity index (χ0v) is 12.6. The van der Waals surface area contributed by atoms with Gasteiger partial charge in [-0.25, -0.2) is 0 Å². The molecule has 0 aromatic heterocycles. The Bertz CT molecular complexity index is 376. The summed E-state index contributed by atoms with van der Waals surface area (Å²) in [6.07, 6.45) is 4.17. The maximum Gasteiger partial charge on any atom is 0.0642 e. The topological polar surface area (TPSA) is 3.24 Å². The Morgan fingerprint density at radius 2 is 2.18 bits per heavy atom. The average Bonchev–Trinajstić information content (AvgIpc) is 2.29. The van der Waals surface area contributed by atoms with E-state index < -0.39 is 0 Å². The molecule has 0 spiro atoms. The highest BCUT2D eigenvalue weighted by atomic mass is 79.9. The number of alkyl halides is 1. The Balaban J connectivity index is 2.11. The van der Waals surface area contributed by atoms with Crippen molar-refractivity contribution in [1.29, 1.82) is 0 Å². The molecule has 1 aromatic carbocycles. The smallest absolute Gasteiger partial charge is 0.0642 e. The summed E-state index contributed by atoms with van der Waals surface area (Å²) in [5, 5.41) is 1.74. The van der Waals surface area contributed by atoms with Crippen LogP contribution in [0.25, 0.3) is 0 Å². The van der Waals surface area contributed by atoms with Crippen molar-refractivity contribution in [2.45, 2.75) is 31.5 Å². The summed E-state index contributed by atoms with van der Waals surface area (Å²) in [7, 11) is 0. The highest BCUT2D eigenvalue weighted by molar-refractivity contribution is 9.08. The monoisotopic (exact) mass is 315 g/mol. The van der Waals surface area contributed by atoms with E-state index in [-0.39, 0.29) is 0 Å². The van der Waals surface area contributed by atoms with Crippen LogP contribution in [0.4, 0.5) is 5.69 Å². The van der Waals surface area contributed by atoms with Crippen LogP contribution < -0.4 is 4.90 Å². The molecule has 1 fully saturated rings. The van der Waals surface area contributed by atoms with Gasteiger partial charge in [0.15, 0.2) is 0 Å². The van der Waals surface area contributed by atoms with Gasteiger partial charge in [-0.05, 0) is 43.4 Å². The van der Waals surface area contributed by atoms with Gasteiger partial charge in [0, 0.05) is 18.4 Å². The van der Waals surface area contributed by atoms with Gasteiger partial charge in [0.1, 0.15) is 0 Å². The molecular weight excluding hydrogens is 298 g/mol. The summed E-state index contributed by atoms with van der Waals surface area (Å²) >= 11 is 9.82. The lowest BCUT2D eigenvalue weighted by molar-refractivity contribution is 0.318. The van der Waals surface area contributed by atoms with Crippen molar-refractivity contribution in [2.24, 2.45) is 5.92 Å². The molecule has 0 saturated heterocycles. The van der Waals surface area contributed by atoms with Crippen molar-refractivity contribution in [1.82, 2.24) is 0 Å². The minimum absolute atomic E-state index is 0.863. The minimum Gasteiger partial charge on any atom is -0.370 e. The molecule has 1 aliphatic rings. The van der Waals surface area contributed by atoms with Crippen LogP contribution in [0.15, 0.2) is 18.2 Å². The lowest BCUT2D eigenvalue weighted by Gasteiger charge is -2.33. The zero-order valence-electron chi connectivity index (χ0n) is 10.3. The number of hydrogen-bond acceptors (Lipinski definition) is 1. The summed E-state index contributed by atoms with van der Waals surface area (Å²) in [4.78, 5) is 2.41. The van der Waals surface area contributed by atoms with Crippen LogP contribution >= 0.6 is 27.5 Å². The van der Waals surface area contributed by atoms with E-state index in [0.29, 0.717) is 0 Å². The van der Waals surface area contributed by atoms with Crippen molar-refractivity contribution < 1.29 is 0 Å². The van der Waals surface area contributed by atoms with Crippen molar-refractivity contribution >= 4 is 33.2 Å². The first-order chi connectivity index (χ1) is 8.24. The molecule has 0 atom stereocenters. The van der Waals surface area contributed by atoms with Crippen LogP contribution in [0.1, 0.15) is 31.7 Å². The molecule has 1 aliphatic carbocycles. The van der Waals surface area contributed by atoms with Crippen LogP contribution in [0.2, 0.25) is 5.02 Å². The lowest BCUT2D eigenvalue weighted by atomic mass is 9.85. The zero-order chi connectivity index (χ0) is 12.3. The third kappa shape index (κ3) is 3.17. The van der Waals surface area contributed by atoms with Crippen LogP contribution in [0.3, 0.4) is 0 Å². The molecule has 0 unspecified atom stereocenters. The maximum atomic E-state index is 6.36. The van der Waals surface area contributed by atoms with E-state index >= 15 is 0 Å². The summed E-state index contributed by atoms with van der Waals surface area (Å²) in [5.74, 6) is 0.877. The first-order valence-corrected chi connectivity index (χ1v) is 7.84. The molecular formula is C14H19BrClN. The van der Waals surface area contributed by atoms with Gasteiger partial charge in [-0.3, -0.25) is 0 Å². The number of halogens is 2. The van der Waals surface area contributed by atoms with Gasteiger partial charge in [0.2, 0.25) is 0 Å². The standard InChI is InChI=1S/C14H19BrClN/c1-2-17(10-11-4-3-5-11)14-7-6-12(9-15)8-13(14)16/h6-8,11H,2-5,9-10H2,1H3. The second-order valence-corrected chi connectivity index (χ2v) is 5.72. The van der Waals surface area contributed by atoms with E-state index in [2.05, 4.69) is 46.0 Å². The summed E-state index contributed by atoms with van der Waals surface area (Å²) in [6.45, 7) is 4.39. The first-order valence-electron chi connectivity index (χ1n) is 6.34. The molecule has 2 rings (SSSR count). The molecule has 1 nitrogen and oxygen atoms in total. The highest BCUT2D eigenvalue weighted by Crippen LogP contribution is 2.32. The van der Waals surface area contributed by atoms with Gasteiger partial charge in [-0.1, -0.05) is 40.0 Å². The predicted octanol–water partition coefficient (Wildman–Crippen LogP) is 4.86. The van der Waals surface area contributed by atoms with E-state index in [0.717, 1.165) is 29.4 Å². The molecule has 1 aromatic rings. The molecule has 1 saturated carbocycles. The Morgan fingerprint density at radius 3 is 2.65 bits per heavy atom. The largest absolute Gasteiger partial charge is 0.370 e. The summed E-state index contributed by atoms with van der Waals surface area (Å²) < 4.78 is 0. The summed E-state index contributed by atoms with van der Waals surface area (Å²) in [6, 6.07) is 6.37. The molecule has 0 heterocycles. The highest BCUT2D eigenvalue weighted by Gasteiger charge is 2.21. The van der Waals surface area contributed by atoms with E-state index in [1.165, 1.54) is 30.5 Å². The van der Waals surface area contributed by atoms with E-state index in [4.69, 9.17) is 11.6 Å². The Kier molecular flexibility index (Phi) is 4.75. The summed E-state index contributed by atoms with van der Waals surface area (Å²) in [5.41, 5.74) is 2.42. The molecule has 94 valence electrons. The van der Waals surface area contributed by atoms with Gasteiger partial charge in [-0.15, -0.1) is 0 Å². The Labute approximate surface area is 117 Å². The molecule has 0 radical (unpaired) electrons. The number of nitrogens with zero attached hydrogens (tertiary/aromatic N) is 1. The van der Waals surface area contributed by atoms with Crippen LogP contribution in [0.5, 0.6) is 0 Å². The third-order valence-electron chi connectivity index (χ3n) is 3.59. The fraction of sp³-hybridized carbons (Fsp3) is 0.571. The first kappa shape index (κ1) is 13.2. The predicted molar refractivity (Wildman–Crippen MR) is 79.3 cm³/mol. The second-order valence-electron chi connectivity index (χ2n) is 4.75. The molecule has 3 heteroatoms. The van der Waals surface area contributed by atoms with Crippen molar-refractivity contribution in [2.75, 3.05) is 18.0 Å². The minimum atomic E-state index is 0.863. The van der Waals surface area contributed by atoms with Gasteiger partial charge in [-0.2, -0.15) is 0 Å². The Morgan fingerprint density at radius 1 is 1.41 bits per heavy atom. The fourth-order valence-corrected chi connectivity index (χ4v) is 2.95. The van der Waals surface area contributed by atoms with E-state index in [1.807, 2.05) is 0 Å². The van der Waals surface area contributed by atoms with E-state index in [9.17, 15) is 0 Å². The molecule has 0 N–H and O–H groups in total. The number of anilines is 1. The number of benzene rings is 1. The lowest BCUT2D eigenvalue weighted by Crippen LogP contribution is -2.32. The van der Waals surface area contributed by atoms with Crippen molar-refractivity contribution in [3.05, 3.63) is 28.8 Å². The maximum absolute atomic E-state index is 6.36. The van der Waals surface area contributed by atoms with E-state index in [1.54, 1.807) is 0 Å². The van der Waals surface area contributed by atoms with Gasteiger partial charge >= 0.3 is 0 Å². The van der Waals surface area contributed by atoms with Crippen LogP contribution in [-0.4, -0.2) is 13.1 Å². The van der Waals surface area contributed by atoms with Crippen LogP contribution in [-0.2, 0) is 5.33 Å². The second kappa shape index (κ2) is 6.10. The molecule has 17 heavy (non-hydrogen) atoms. The van der Waals surface area contributed by atoms with Crippen LogP contribution in [0, 0.1) is 5.92 Å².